The van der Waals surface area contributed by atoms with Gasteiger partial charge in [0.1, 0.15) is 5.69 Å². The maximum absolute atomic E-state index is 12.6. The number of unbranched alkanes of at least 4 members (excludes halogenated alkanes) is 2. The lowest BCUT2D eigenvalue weighted by molar-refractivity contribution is -0.137. The Labute approximate surface area is 147 Å². The van der Waals surface area contributed by atoms with E-state index >= 15 is 0 Å². The van der Waals surface area contributed by atoms with E-state index in [0.29, 0.717) is 43.1 Å². The Bertz CT molecular complexity index is 739. The third-order valence-corrected chi connectivity index (χ3v) is 3.89. The number of pyridine rings is 1. The van der Waals surface area contributed by atoms with Gasteiger partial charge in [0.05, 0.1) is 12.3 Å². The van der Waals surface area contributed by atoms with Crippen molar-refractivity contribution in [1.82, 2.24) is 14.7 Å². The van der Waals surface area contributed by atoms with Crippen LogP contribution in [0.2, 0.25) is 0 Å². The molecule has 0 saturated heterocycles. The lowest BCUT2D eigenvalue weighted by Crippen LogP contribution is -2.26. The lowest BCUT2D eigenvalue weighted by Gasteiger charge is -2.08. The third kappa shape index (κ3) is 4.71. The van der Waals surface area contributed by atoms with Crippen LogP contribution in [0.3, 0.4) is 0 Å². The molecule has 2 aromatic rings. The van der Waals surface area contributed by atoms with E-state index in [1.54, 1.807) is 4.40 Å². The molecule has 0 bridgehead atoms. The van der Waals surface area contributed by atoms with E-state index in [1.165, 1.54) is 0 Å². The fourth-order valence-corrected chi connectivity index (χ4v) is 2.71. The van der Waals surface area contributed by atoms with Gasteiger partial charge in [0.25, 0.3) is 5.91 Å². The number of fused-ring (bicyclic) bond motifs is 1. The number of rotatable bonds is 10. The number of amides is 1. The van der Waals surface area contributed by atoms with Crippen LogP contribution in [0.5, 0.6) is 5.75 Å². The van der Waals surface area contributed by atoms with Crippen LogP contribution in [-0.4, -0.2) is 39.5 Å². The van der Waals surface area contributed by atoms with Crippen LogP contribution in [0.1, 0.15) is 55.7 Å². The minimum absolute atomic E-state index is 0.168. The molecule has 2 heterocycles. The van der Waals surface area contributed by atoms with Crippen LogP contribution in [0.25, 0.3) is 5.65 Å². The van der Waals surface area contributed by atoms with E-state index in [4.69, 9.17) is 9.84 Å². The molecule has 0 unspecified atom stereocenters. The van der Waals surface area contributed by atoms with Gasteiger partial charge >= 0.3 is 5.97 Å². The highest BCUT2D eigenvalue weighted by atomic mass is 16.5. The van der Waals surface area contributed by atoms with Crippen molar-refractivity contribution in [3.63, 3.8) is 0 Å². The first-order valence-corrected chi connectivity index (χ1v) is 8.71. The molecule has 0 aromatic carbocycles. The number of hydrogen-bond acceptors (Lipinski definition) is 4. The number of carboxylic acids is 1. The maximum atomic E-state index is 12.6. The number of aromatic nitrogens is 2. The summed E-state index contributed by atoms with van der Waals surface area (Å²) in [6.07, 6.45) is 4.77. The normalized spacial score (nSPS) is 10.8. The number of ether oxygens (including phenoxy) is 1. The molecule has 7 heteroatoms. The maximum Gasteiger partial charge on any atom is 0.303 e. The quantitative estimate of drug-likeness (QED) is 0.645. The molecule has 2 rings (SSSR count). The van der Waals surface area contributed by atoms with Crippen LogP contribution < -0.4 is 10.1 Å². The van der Waals surface area contributed by atoms with Gasteiger partial charge in [-0.3, -0.25) is 14.0 Å². The van der Waals surface area contributed by atoms with Crippen LogP contribution >= 0.6 is 0 Å². The van der Waals surface area contributed by atoms with Gasteiger partial charge in [0.15, 0.2) is 11.4 Å². The fourth-order valence-electron chi connectivity index (χ4n) is 2.71. The molecule has 0 aliphatic heterocycles. The molecule has 136 valence electrons. The molecular formula is C18H25N3O4. The third-order valence-electron chi connectivity index (χ3n) is 3.89. The van der Waals surface area contributed by atoms with Crippen molar-refractivity contribution in [3.8, 4) is 5.75 Å². The minimum Gasteiger partial charge on any atom is -0.490 e. The van der Waals surface area contributed by atoms with Gasteiger partial charge in [-0.25, -0.2) is 4.98 Å². The molecular weight excluding hydrogens is 322 g/mol. The van der Waals surface area contributed by atoms with E-state index in [1.807, 2.05) is 32.2 Å². The van der Waals surface area contributed by atoms with Gasteiger partial charge in [0, 0.05) is 19.2 Å². The van der Waals surface area contributed by atoms with Crippen LogP contribution in [0.4, 0.5) is 0 Å². The Morgan fingerprint density at radius 3 is 2.76 bits per heavy atom. The Balaban J connectivity index is 2.07. The zero-order chi connectivity index (χ0) is 18.2. The highest BCUT2D eigenvalue weighted by Crippen LogP contribution is 2.22. The van der Waals surface area contributed by atoms with Gasteiger partial charge in [-0.2, -0.15) is 0 Å². The first kappa shape index (κ1) is 18.8. The molecule has 0 spiro atoms. The van der Waals surface area contributed by atoms with Crippen LogP contribution in [0.15, 0.2) is 18.3 Å². The minimum atomic E-state index is -0.785. The summed E-state index contributed by atoms with van der Waals surface area (Å²) in [5.41, 5.74) is 1.91. The molecule has 0 fully saturated rings. The lowest BCUT2D eigenvalue weighted by atomic mass is 10.2. The second-order valence-corrected chi connectivity index (χ2v) is 5.72. The highest BCUT2D eigenvalue weighted by Gasteiger charge is 2.19. The Morgan fingerprint density at radius 2 is 2.08 bits per heavy atom. The second kappa shape index (κ2) is 9.05. The van der Waals surface area contributed by atoms with E-state index in [2.05, 4.69) is 10.3 Å². The highest BCUT2D eigenvalue weighted by molar-refractivity contribution is 5.95. The Kier molecular flexibility index (Phi) is 6.80. The van der Waals surface area contributed by atoms with Crippen LogP contribution in [-0.2, 0) is 11.2 Å². The number of carboxylic acid groups (broad SMARTS) is 1. The molecule has 25 heavy (non-hydrogen) atoms. The van der Waals surface area contributed by atoms with Crippen molar-refractivity contribution >= 4 is 17.5 Å². The summed E-state index contributed by atoms with van der Waals surface area (Å²) in [6, 6.07) is 3.68. The largest absolute Gasteiger partial charge is 0.490 e. The SMILES string of the molecule is CCOc1cccn2c(C(=O)NCCCCCC(=O)O)c(CC)nc12. The predicted molar refractivity (Wildman–Crippen MR) is 94.2 cm³/mol. The van der Waals surface area contributed by atoms with Gasteiger partial charge in [-0.15, -0.1) is 0 Å². The van der Waals surface area contributed by atoms with Crippen molar-refractivity contribution in [2.24, 2.45) is 0 Å². The smallest absolute Gasteiger partial charge is 0.303 e. The summed E-state index contributed by atoms with van der Waals surface area (Å²) in [5.74, 6) is -0.295. The average molecular weight is 347 g/mol. The number of carbonyl (C=O) groups excluding carboxylic acids is 1. The number of carbonyl (C=O) groups is 2. The fraction of sp³-hybridized carbons (Fsp3) is 0.500. The van der Waals surface area contributed by atoms with Crippen molar-refractivity contribution < 1.29 is 19.4 Å². The molecule has 0 radical (unpaired) electrons. The van der Waals surface area contributed by atoms with E-state index in [0.717, 1.165) is 18.5 Å². The number of nitrogens with one attached hydrogen (secondary N) is 1. The first-order chi connectivity index (χ1) is 12.1. The standard InChI is InChI=1S/C18H25N3O4/c1-3-13-16(18(24)19-11-7-5-6-10-15(22)23)21-12-8-9-14(25-4-2)17(21)20-13/h8-9,12H,3-7,10-11H2,1-2H3,(H,19,24)(H,22,23). The second-order valence-electron chi connectivity index (χ2n) is 5.72. The molecule has 0 aliphatic rings. The zero-order valence-corrected chi connectivity index (χ0v) is 14.7. The van der Waals surface area contributed by atoms with Crippen LogP contribution in [0, 0.1) is 0 Å². The van der Waals surface area contributed by atoms with Crippen molar-refractivity contribution in [1.29, 1.82) is 0 Å². The first-order valence-electron chi connectivity index (χ1n) is 8.71. The summed E-state index contributed by atoms with van der Waals surface area (Å²) >= 11 is 0. The summed E-state index contributed by atoms with van der Waals surface area (Å²) in [5, 5.41) is 11.5. The molecule has 0 atom stereocenters. The molecule has 0 aliphatic carbocycles. The van der Waals surface area contributed by atoms with Gasteiger partial charge in [0.2, 0.25) is 0 Å². The predicted octanol–water partition coefficient (Wildman–Crippen LogP) is 2.67. The summed E-state index contributed by atoms with van der Waals surface area (Å²) in [4.78, 5) is 27.6. The van der Waals surface area contributed by atoms with E-state index < -0.39 is 5.97 Å². The van der Waals surface area contributed by atoms with E-state index in [-0.39, 0.29) is 12.3 Å². The molecule has 1 amide bonds. The average Bonchev–Trinajstić information content (AvgIpc) is 2.97. The monoisotopic (exact) mass is 347 g/mol. The Morgan fingerprint density at radius 1 is 1.28 bits per heavy atom. The zero-order valence-electron chi connectivity index (χ0n) is 14.7. The molecule has 0 saturated carbocycles. The number of hydrogen-bond donors (Lipinski definition) is 2. The summed E-state index contributed by atoms with van der Waals surface area (Å²) in [6.45, 7) is 4.92. The van der Waals surface area contributed by atoms with Crippen molar-refractivity contribution in [2.45, 2.75) is 46.0 Å². The van der Waals surface area contributed by atoms with Crippen molar-refractivity contribution in [2.75, 3.05) is 13.2 Å². The van der Waals surface area contributed by atoms with E-state index in [9.17, 15) is 9.59 Å². The summed E-state index contributed by atoms with van der Waals surface area (Å²) in [7, 11) is 0. The molecule has 2 aromatic heterocycles. The van der Waals surface area contributed by atoms with Gasteiger partial charge in [-0.05, 0) is 38.3 Å². The molecule has 2 N–H and O–H groups in total. The number of nitrogens with zero attached hydrogens (tertiary/aromatic N) is 2. The molecule has 7 nitrogen and oxygen atoms in total. The number of aliphatic carboxylic acids is 1. The van der Waals surface area contributed by atoms with Gasteiger partial charge in [-0.1, -0.05) is 13.3 Å². The number of imidazole rings is 1. The summed E-state index contributed by atoms with van der Waals surface area (Å²) < 4.78 is 7.36. The van der Waals surface area contributed by atoms with Gasteiger partial charge < -0.3 is 15.2 Å². The number of aryl methyl sites for hydroxylation is 1. The Hall–Kier alpha value is -2.57. The topological polar surface area (TPSA) is 92.9 Å². The van der Waals surface area contributed by atoms with Crippen molar-refractivity contribution in [3.05, 3.63) is 29.7 Å².